The summed E-state index contributed by atoms with van der Waals surface area (Å²) in [5, 5.41) is 0. The first-order chi connectivity index (χ1) is 9.95. The van der Waals surface area contributed by atoms with Crippen LogP contribution in [0.15, 0.2) is 0 Å². The van der Waals surface area contributed by atoms with Gasteiger partial charge in [-0.25, -0.2) is 0 Å². The van der Waals surface area contributed by atoms with Crippen LogP contribution in [0.3, 0.4) is 0 Å². The minimum Gasteiger partial charge on any atom is -0.300 e. The molecule has 4 aliphatic rings. The van der Waals surface area contributed by atoms with Crippen molar-refractivity contribution < 1.29 is 9.59 Å². The Hall–Kier alpha value is -0.660. The van der Waals surface area contributed by atoms with Crippen molar-refractivity contribution >= 4 is 11.6 Å². The molecule has 6 atom stereocenters. The molecule has 0 saturated heterocycles. The van der Waals surface area contributed by atoms with Crippen LogP contribution in [0.4, 0.5) is 0 Å². The maximum Gasteiger partial charge on any atom is 0.139 e. The maximum absolute atomic E-state index is 12.4. The van der Waals surface area contributed by atoms with Crippen molar-refractivity contribution in [1.82, 2.24) is 0 Å². The van der Waals surface area contributed by atoms with Gasteiger partial charge >= 0.3 is 0 Å². The molecule has 0 amide bonds. The fraction of sp³-hybridized carbons (Fsp3) is 0.895. The molecule has 2 nitrogen and oxygen atoms in total. The van der Waals surface area contributed by atoms with Gasteiger partial charge in [0, 0.05) is 24.7 Å². The van der Waals surface area contributed by atoms with Gasteiger partial charge in [-0.05, 0) is 67.6 Å². The van der Waals surface area contributed by atoms with Crippen LogP contribution in [0.5, 0.6) is 0 Å². The van der Waals surface area contributed by atoms with Crippen LogP contribution < -0.4 is 0 Å². The molecule has 4 fully saturated rings. The Kier molecular flexibility index (Phi) is 2.94. The number of hydrogen-bond acceptors (Lipinski definition) is 2. The molecular formula is C19H28O2. The largest absolute Gasteiger partial charge is 0.300 e. The van der Waals surface area contributed by atoms with E-state index in [1.54, 1.807) is 0 Å². The number of rotatable bonds is 0. The molecule has 0 aromatic rings. The lowest BCUT2D eigenvalue weighted by molar-refractivity contribution is -0.144. The van der Waals surface area contributed by atoms with E-state index in [0.29, 0.717) is 28.8 Å². The number of fused-ring (bicyclic) bond motifs is 5. The van der Waals surface area contributed by atoms with Crippen LogP contribution in [0.25, 0.3) is 0 Å². The molecule has 4 rings (SSSR count). The molecule has 116 valence electrons. The average Bonchev–Trinajstić information content (AvgIpc) is 2.76. The summed E-state index contributed by atoms with van der Waals surface area (Å²) in [6, 6.07) is 0. The van der Waals surface area contributed by atoms with Crippen molar-refractivity contribution in [2.24, 2.45) is 34.5 Å². The number of hydrogen-bond donors (Lipinski definition) is 0. The molecule has 0 heterocycles. The lowest BCUT2D eigenvalue weighted by Gasteiger charge is -2.59. The van der Waals surface area contributed by atoms with Crippen LogP contribution in [0.1, 0.15) is 71.6 Å². The van der Waals surface area contributed by atoms with Gasteiger partial charge in [0.25, 0.3) is 0 Å². The lowest BCUT2D eigenvalue weighted by Crippen LogP contribution is -2.53. The van der Waals surface area contributed by atoms with Gasteiger partial charge in [-0.15, -0.1) is 0 Å². The first-order valence-corrected chi connectivity index (χ1v) is 9.00. The standard InChI is InChI=1S/C19H28O2/c1-18-9-7-13(20)11-12(18)3-4-14-15-5-6-17(21)19(15,2)10-8-16(14)18/h12,14-16H,3-11H2,1-2H3/t12-,14+,15+,16+,18-,19-/m0/s1. The first-order valence-electron chi connectivity index (χ1n) is 9.00. The molecule has 4 aliphatic carbocycles. The summed E-state index contributed by atoms with van der Waals surface area (Å²) in [4.78, 5) is 24.2. The van der Waals surface area contributed by atoms with Gasteiger partial charge in [0.1, 0.15) is 11.6 Å². The molecule has 0 N–H and O–H groups in total. The number of Topliss-reactive ketones (excluding diaryl/α,β-unsaturated/α-hetero) is 2. The molecule has 0 bridgehead atoms. The third-order valence-corrected chi connectivity index (χ3v) is 8.19. The predicted octanol–water partition coefficient (Wildman–Crippen LogP) is 4.17. The van der Waals surface area contributed by atoms with Gasteiger partial charge in [-0.1, -0.05) is 13.8 Å². The Morgan fingerprint density at radius 2 is 1.71 bits per heavy atom. The highest BCUT2D eigenvalue weighted by Gasteiger charge is 2.60. The van der Waals surface area contributed by atoms with Crippen molar-refractivity contribution in [1.29, 1.82) is 0 Å². The normalized spacial score (nSPS) is 53.0. The number of carbonyl (C=O) groups is 2. The zero-order valence-electron chi connectivity index (χ0n) is 13.5. The zero-order chi connectivity index (χ0) is 14.8. The Morgan fingerprint density at radius 1 is 0.905 bits per heavy atom. The summed E-state index contributed by atoms with van der Waals surface area (Å²) in [6.07, 6.45) is 9.53. The van der Waals surface area contributed by atoms with E-state index < -0.39 is 0 Å². The van der Waals surface area contributed by atoms with Crippen LogP contribution in [0.2, 0.25) is 0 Å². The maximum atomic E-state index is 12.4. The summed E-state index contributed by atoms with van der Waals surface area (Å²) >= 11 is 0. The molecule has 0 aromatic heterocycles. The highest BCUT2D eigenvalue weighted by Crippen LogP contribution is 2.65. The van der Waals surface area contributed by atoms with Crippen molar-refractivity contribution in [2.45, 2.75) is 71.6 Å². The number of ketones is 2. The Balaban J connectivity index is 1.65. The molecule has 0 unspecified atom stereocenters. The average molecular weight is 288 g/mol. The molecular weight excluding hydrogens is 260 g/mol. The van der Waals surface area contributed by atoms with Crippen molar-refractivity contribution in [3.05, 3.63) is 0 Å². The second-order valence-electron chi connectivity index (χ2n) is 8.82. The van der Waals surface area contributed by atoms with E-state index in [1.807, 2.05) is 0 Å². The van der Waals surface area contributed by atoms with Gasteiger partial charge in [0.15, 0.2) is 0 Å². The second-order valence-corrected chi connectivity index (χ2v) is 8.82. The summed E-state index contributed by atoms with van der Waals surface area (Å²) < 4.78 is 0. The van der Waals surface area contributed by atoms with Gasteiger partial charge in [-0.3, -0.25) is 9.59 Å². The second kappa shape index (κ2) is 4.43. The van der Waals surface area contributed by atoms with Gasteiger partial charge in [0.2, 0.25) is 0 Å². The zero-order valence-corrected chi connectivity index (χ0v) is 13.5. The fourth-order valence-corrected chi connectivity index (χ4v) is 6.82. The molecule has 4 saturated carbocycles. The highest BCUT2D eigenvalue weighted by atomic mass is 16.1. The summed E-state index contributed by atoms with van der Waals surface area (Å²) in [6.45, 7) is 4.72. The van der Waals surface area contributed by atoms with Gasteiger partial charge < -0.3 is 0 Å². The SMILES string of the molecule is C[C@]12CCC(=O)C[C@@H]1CC[C@H]1[C@H]2CC[C@]2(C)C(=O)CC[C@H]12. The molecule has 0 radical (unpaired) electrons. The van der Waals surface area contributed by atoms with E-state index in [4.69, 9.17) is 0 Å². The summed E-state index contributed by atoms with van der Waals surface area (Å²) in [5.41, 5.74) is 0.374. The van der Waals surface area contributed by atoms with E-state index in [0.717, 1.165) is 50.4 Å². The fourth-order valence-electron chi connectivity index (χ4n) is 6.82. The Labute approximate surface area is 128 Å². The van der Waals surface area contributed by atoms with Crippen LogP contribution in [-0.2, 0) is 9.59 Å². The lowest BCUT2D eigenvalue weighted by atomic mass is 9.45. The minimum absolute atomic E-state index is 0.00511. The van der Waals surface area contributed by atoms with Gasteiger partial charge in [-0.2, -0.15) is 0 Å². The molecule has 0 spiro atoms. The van der Waals surface area contributed by atoms with E-state index >= 15 is 0 Å². The smallest absolute Gasteiger partial charge is 0.139 e. The van der Waals surface area contributed by atoms with Crippen molar-refractivity contribution in [3.63, 3.8) is 0 Å². The summed E-state index contributed by atoms with van der Waals surface area (Å²) in [5.74, 6) is 3.82. The molecule has 0 aromatic carbocycles. The van der Waals surface area contributed by atoms with E-state index in [1.165, 1.54) is 19.3 Å². The van der Waals surface area contributed by atoms with E-state index in [-0.39, 0.29) is 5.41 Å². The first kappa shape index (κ1) is 14.0. The van der Waals surface area contributed by atoms with Crippen LogP contribution in [0, 0.1) is 34.5 Å². The highest BCUT2D eigenvalue weighted by molar-refractivity contribution is 5.87. The molecule has 21 heavy (non-hydrogen) atoms. The van der Waals surface area contributed by atoms with Gasteiger partial charge in [0.05, 0.1) is 0 Å². The van der Waals surface area contributed by atoms with E-state index in [9.17, 15) is 9.59 Å². The molecule has 2 heteroatoms. The van der Waals surface area contributed by atoms with Crippen molar-refractivity contribution in [2.75, 3.05) is 0 Å². The van der Waals surface area contributed by atoms with E-state index in [2.05, 4.69) is 13.8 Å². The predicted molar refractivity (Wildman–Crippen MR) is 81.7 cm³/mol. The monoisotopic (exact) mass is 288 g/mol. The Morgan fingerprint density at radius 3 is 2.52 bits per heavy atom. The Bertz CT molecular complexity index is 496. The van der Waals surface area contributed by atoms with Crippen LogP contribution >= 0.6 is 0 Å². The minimum atomic E-state index is -0.00511. The number of carbonyl (C=O) groups excluding carboxylic acids is 2. The van der Waals surface area contributed by atoms with Crippen LogP contribution in [-0.4, -0.2) is 11.6 Å². The van der Waals surface area contributed by atoms with Crippen molar-refractivity contribution in [3.8, 4) is 0 Å². The quantitative estimate of drug-likeness (QED) is 0.670. The third kappa shape index (κ3) is 1.77. The summed E-state index contributed by atoms with van der Waals surface area (Å²) in [7, 11) is 0. The molecule has 0 aliphatic heterocycles. The topological polar surface area (TPSA) is 34.1 Å². The third-order valence-electron chi connectivity index (χ3n) is 8.19.